The predicted molar refractivity (Wildman–Crippen MR) is 64.5 cm³/mol. The van der Waals surface area contributed by atoms with Crippen LogP contribution in [0, 0.1) is 6.92 Å². The summed E-state index contributed by atoms with van der Waals surface area (Å²) in [4.78, 5) is 17.8. The normalized spacial score (nSPS) is 10.6. The number of pyridine rings is 1. The lowest BCUT2D eigenvalue weighted by Crippen LogP contribution is -2.22. The Morgan fingerprint density at radius 1 is 1.47 bits per heavy atom. The van der Waals surface area contributed by atoms with Crippen LogP contribution in [0.3, 0.4) is 0 Å². The van der Waals surface area contributed by atoms with Crippen molar-refractivity contribution in [2.24, 2.45) is 0 Å². The van der Waals surface area contributed by atoms with Gasteiger partial charge in [-0.1, -0.05) is 0 Å². The van der Waals surface area contributed by atoms with E-state index in [2.05, 4.69) is 4.98 Å². The Labute approximate surface area is 99.6 Å². The molecule has 0 aliphatic rings. The Morgan fingerprint density at radius 2 is 2.18 bits per heavy atom. The molecule has 2 rings (SSSR count). The smallest absolute Gasteiger partial charge is 0.258 e. The Balaban J connectivity index is 2.67. The Morgan fingerprint density at radius 3 is 2.76 bits per heavy atom. The number of rotatable bonds is 2. The van der Waals surface area contributed by atoms with E-state index in [1.807, 2.05) is 11.3 Å². The van der Waals surface area contributed by atoms with E-state index < -0.39 is 0 Å². The number of amides is 1. The number of hydrogen-bond donors (Lipinski definition) is 0. The molecule has 2 aromatic heterocycles. The van der Waals surface area contributed by atoms with Gasteiger partial charge in [-0.25, -0.2) is 4.98 Å². The lowest BCUT2D eigenvalue weighted by Gasteiger charge is -2.14. The first kappa shape index (κ1) is 11.4. The van der Waals surface area contributed by atoms with Crippen molar-refractivity contribution < 1.29 is 9.53 Å². The highest BCUT2D eigenvalue weighted by molar-refractivity contribution is 5.96. The molecule has 0 saturated carbocycles. The molecule has 2 heterocycles. The van der Waals surface area contributed by atoms with Gasteiger partial charge in [0.1, 0.15) is 11.4 Å². The minimum atomic E-state index is -0.0862. The first-order valence-electron chi connectivity index (χ1n) is 5.28. The summed E-state index contributed by atoms with van der Waals surface area (Å²) in [5, 5.41) is 0. The maximum atomic E-state index is 12.0. The molecule has 0 bridgehead atoms. The van der Waals surface area contributed by atoms with Crippen LogP contribution in [0.2, 0.25) is 0 Å². The number of carbonyl (C=O) groups excluding carboxylic acids is 1. The molecule has 1 amide bonds. The van der Waals surface area contributed by atoms with Gasteiger partial charge < -0.3 is 14.0 Å². The number of carbonyl (C=O) groups is 1. The van der Waals surface area contributed by atoms with E-state index in [0.29, 0.717) is 11.3 Å². The molecule has 90 valence electrons. The van der Waals surface area contributed by atoms with Crippen molar-refractivity contribution in [1.82, 2.24) is 14.3 Å². The first-order chi connectivity index (χ1) is 8.04. The maximum absolute atomic E-state index is 12.0. The zero-order valence-electron chi connectivity index (χ0n) is 10.4. The highest BCUT2D eigenvalue weighted by atomic mass is 16.5. The minimum absolute atomic E-state index is 0.0862. The average molecular weight is 233 g/mol. The van der Waals surface area contributed by atoms with Crippen molar-refractivity contribution in [2.75, 3.05) is 21.2 Å². The van der Waals surface area contributed by atoms with Gasteiger partial charge in [0.2, 0.25) is 0 Å². The first-order valence-corrected chi connectivity index (χ1v) is 5.28. The summed E-state index contributed by atoms with van der Waals surface area (Å²) in [5.74, 6) is 0.457. The molecule has 0 aliphatic heterocycles. The molecule has 0 N–H and O–H groups in total. The largest absolute Gasteiger partial charge is 0.496 e. The molecule has 0 unspecified atom stereocenters. The summed E-state index contributed by atoms with van der Waals surface area (Å²) in [6.07, 6.45) is 3.53. The number of aryl methyl sites for hydroxylation is 1. The quantitative estimate of drug-likeness (QED) is 0.786. The van der Waals surface area contributed by atoms with Gasteiger partial charge in [0.05, 0.1) is 12.7 Å². The van der Waals surface area contributed by atoms with Crippen LogP contribution in [-0.2, 0) is 0 Å². The molecule has 0 fully saturated rings. The fourth-order valence-corrected chi connectivity index (χ4v) is 1.70. The Kier molecular flexibility index (Phi) is 2.75. The standard InChI is InChI=1S/C12H15N3O2/c1-8-6-13-11-5-10(17-4)9(7-15(8)11)12(16)14(2)3/h5-7H,1-4H3. The number of aromatic nitrogens is 2. The SMILES string of the molecule is COc1cc2ncc(C)n2cc1C(=O)N(C)C. The maximum Gasteiger partial charge on any atom is 0.258 e. The zero-order valence-corrected chi connectivity index (χ0v) is 10.4. The molecule has 0 aliphatic carbocycles. The number of imidazole rings is 1. The fourth-order valence-electron chi connectivity index (χ4n) is 1.70. The zero-order chi connectivity index (χ0) is 12.6. The summed E-state index contributed by atoms with van der Waals surface area (Å²) in [5.41, 5.74) is 2.29. The van der Waals surface area contributed by atoms with Crippen LogP contribution in [0.25, 0.3) is 5.65 Å². The van der Waals surface area contributed by atoms with Gasteiger partial charge in [-0.15, -0.1) is 0 Å². The number of ether oxygens (including phenoxy) is 1. The molecule has 5 heteroatoms. The van der Waals surface area contributed by atoms with Gasteiger partial charge in [0.15, 0.2) is 0 Å². The minimum Gasteiger partial charge on any atom is -0.496 e. The van der Waals surface area contributed by atoms with Crippen molar-refractivity contribution in [3.63, 3.8) is 0 Å². The molecule has 0 radical (unpaired) electrons. The van der Waals surface area contributed by atoms with E-state index in [0.717, 1.165) is 11.3 Å². The van der Waals surface area contributed by atoms with E-state index in [9.17, 15) is 4.79 Å². The van der Waals surface area contributed by atoms with Gasteiger partial charge in [-0.2, -0.15) is 0 Å². The van der Waals surface area contributed by atoms with Gasteiger partial charge >= 0.3 is 0 Å². The second-order valence-corrected chi connectivity index (χ2v) is 4.08. The fraction of sp³-hybridized carbons (Fsp3) is 0.333. The van der Waals surface area contributed by atoms with Gasteiger partial charge in [-0.05, 0) is 6.92 Å². The highest BCUT2D eigenvalue weighted by Gasteiger charge is 2.16. The van der Waals surface area contributed by atoms with E-state index in [4.69, 9.17) is 4.74 Å². The van der Waals surface area contributed by atoms with Crippen LogP contribution in [-0.4, -0.2) is 41.4 Å². The molecule has 17 heavy (non-hydrogen) atoms. The van der Waals surface area contributed by atoms with Crippen molar-refractivity contribution >= 4 is 11.6 Å². The summed E-state index contributed by atoms with van der Waals surface area (Å²) >= 11 is 0. The van der Waals surface area contributed by atoms with E-state index in [1.54, 1.807) is 39.7 Å². The molecule has 0 saturated heterocycles. The molecule has 2 aromatic rings. The van der Waals surface area contributed by atoms with Crippen molar-refractivity contribution in [2.45, 2.75) is 6.92 Å². The molecule has 0 atom stereocenters. The van der Waals surface area contributed by atoms with Gasteiger partial charge in [-0.3, -0.25) is 4.79 Å². The predicted octanol–water partition coefficient (Wildman–Crippen LogP) is 1.35. The summed E-state index contributed by atoms with van der Waals surface area (Å²) in [6.45, 7) is 1.94. The van der Waals surface area contributed by atoms with Crippen LogP contribution in [0.1, 0.15) is 16.1 Å². The van der Waals surface area contributed by atoms with E-state index in [-0.39, 0.29) is 5.91 Å². The monoisotopic (exact) mass is 233 g/mol. The van der Waals surface area contributed by atoms with Crippen LogP contribution >= 0.6 is 0 Å². The van der Waals surface area contributed by atoms with Gasteiger partial charge in [0.25, 0.3) is 5.91 Å². The third-order valence-electron chi connectivity index (χ3n) is 2.65. The molecule has 0 aromatic carbocycles. The number of nitrogens with zero attached hydrogens (tertiary/aromatic N) is 3. The third kappa shape index (κ3) is 1.84. The molecule has 0 spiro atoms. The Bertz CT molecular complexity index is 572. The van der Waals surface area contributed by atoms with Crippen LogP contribution in [0.15, 0.2) is 18.5 Å². The number of fused-ring (bicyclic) bond motifs is 1. The second-order valence-electron chi connectivity index (χ2n) is 4.08. The average Bonchev–Trinajstić information content (AvgIpc) is 2.68. The van der Waals surface area contributed by atoms with Crippen LogP contribution in [0.5, 0.6) is 5.75 Å². The topological polar surface area (TPSA) is 46.8 Å². The summed E-state index contributed by atoms with van der Waals surface area (Å²) < 4.78 is 7.11. The Hall–Kier alpha value is -2.04. The lowest BCUT2D eigenvalue weighted by atomic mass is 10.2. The van der Waals surface area contributed by atoms with Crippen LogP contribution in [0.4, 0.5) is 0 Å². The van der Waals surface area contributed by atoms with E-state index in [1.165, 1.54) is 4.90 Å². The molecular formula is C12H15N3O2. The van der Waals surface area contributed by atoms with Gasteiger partial charge in [0, 0.05) is 38.2 Å². The molecule has 5 nitrogen and oxygen atoms in total. The van der Waals surface area contributed by atoms with E-state index >= 15 is 0 Å². The summed E-state index contributed by atoms with van der Waals surface area (Å²) in [7, 11) is 4.98. The third-order valence-corrected chi connectivity index (χ3v) is 2.65. The summed E-state index contributed by atoms with van der Waals surface area (Å²) in [6, 6.07) is 1.77. The van der Waals surface area contributed by atoms with Crippen molar-refractivity contribution in [3.8, 4) is 5.75 Å². The molecular weight excluding hydrogens is 218 g/mol. The number of methoxy groups -OCH3 is 1. The highest BCUT2D eigenvalue weighted by Crippen LogP contribution is 2.22. The lowest BCUT2D eigenvalue weighted by molar-refractivity contribution is 0.0824. The number of hydrogen-bond acceptors (Lipinski definition) is 3. The second kappa shape index (κ2) is 4.08. The van der Waals surface area contributed by atoms with Crippen LogP contribution < -0.4 is 4.74 Å². The van der Waals surface area contributed by atoms with Crippen molar-refractivity contribution in [3.05, 3.63) is 29.7 Å². The van der Waals surface area contributed by atoms with Crippen molar-refractivity contribution in [1.29, 1.82) is 0 Å².